The highest BCUT2D eigenvalue weighted by Crippen LogP contribution is 2.22. The Morgan fingerprint density at radius 3 is 3.00 bits per heavy atom. The minimum atomic E-state index is -0.368. The molecule has 0 spiro atoms. The van der Waals surface area contributed by atoms with Crippen LogP contribution >= 0.6 is 0 Å². The summed E-state index contributed by atoms with van der Waals surface area (Å²) >= 11 is 0. The monoisotopic (exact) mass is 262 g/mol. The molecular weight excluding hydrogens is 240 g/mol. The van der Waals surface area contributed by atoms with Crippen LogP contribution in [0.4, 0.5) is 0 Å². The molecule has 2 atom stereocenters. The standard InChI is InChI=1S/C15H22N2O2/c1-2-14-12(7-8-19-14)10-17-9-11-5-3-4-6-13(11)15(16)18/h3-6,12,14,17H,2,7-10H2,1H3,(H2,16,18). The van der Waals surface area contributed by atoms with Crippen LogP contribution in [0.5, 0.6) is 0 Å². The normalized spacial score (nSPS) is 22.6. The number of nitrogens with two attached hydrogens (primary N) is 1. The smallest absolute Gasteiger partial charge is 0.249 e. The summed E-state index contributed by atoms with van der Waals surface area (Å²) in [6.07, 6.45) is 2.55. The van der Waals surface area contributed by atoms with Gasteiger partial charge in [-0.15, -0.1) is 0 Å². The average molecular weight is 262 g/mol. The van der Waals surface area contributed by atoms with Crippen LogP contribution in [0.2, 0.25) is 0 Å². The highest BCUT2D eigenvalue weighted by atomic mass is 16.5. The Kier molecular flexibility index (Phi) is 4.93. The first-order valence-corrected chi connectivity index (χ1v) is 6.92. The Morgan fingerprint density at radius 1 is 1.47 bits per heavy atom. The van der Waals surface area contributed by atoms with Crippen molar-refractivity contribution >= 4 is 5.91 Å². The van der Waals surface area contributed by atoms with Crippen molar-refractivity contribution in [2.24, 2.45) is 11.7 Å². The lowest BCUT2D eigenvalue weighted by Crippen LogP contribution is -2.28. The summed E-state index contributed by atoms with van der Waals surface area (Å²) in [6.45, 7) is 4.62. The first kappa shape index (κ1) is 14.0. The number of hydrogen-bond acceptors (Lipinski definition) is 3. The second kappa shape index (κ2) is 6.68. The summed E-state index contributed by atoms with van der Waals surface area (Å²) in [5.41, 5.74) is 6.93. The maximum absolute atomic E-state index is 11.3. The summed E-state index contributed by atoms with van der Waals surface area (Å²) < 4.78 is 5.67. The predicted octanol–water partition coefficient (Wildman–Crippen LogP) is 1.69. The molecule has 3 N–H and O–H groups in total. The zero-order valence-corrected chi connectivity index (χ0v) is 11.4. The lowest BCUT2D eigenvalue weighted by molar-refractivity contribution is 0.0872. The SMILES string of the molecule is CCC1OCCC1CNCc1ccccc1C(N)=O. The van der Waals surface area contributed by atoms with E-state index < -0.39 is 0 Å². The second-order valence-electron chi connectivity index (χ2n) is 5.02. The predicted molar refractivity (Wildman–Crippen MR) is 74.8 cm³/mol. The lowest BCUT2D eigenvalue weighted by atomic mass is 9.99. The van der Waals surface area contributed by atoms with Crippen LogP contribution in [0.1, 0.15) is 35.7 Å². The summed E-state index contributed by atoms with van der Waals surface area (Å²) in [5.74, 6) is 0.207. The molecule has 1 aromatic rings. The molecule has 4 heteroatoms. The van der Waals surface area contributed by atoms with Crippen molar-refractivity contribution in [2.75, 3.05) is 13.2 Å². The number of ether oxygens (including phenoxy) is 1. The van der Waals surface area contributed by atoms with Gasteiger partial charge in [0.1, 0.15) is 0 Å². The number of hydrogen-bond donors (Lipinski definition) is 2. The topological polar surface area (TPSA) is 64.3 Å². The third-order valence-corrected chi connectivity index (χ3v) is 3.75. The Hall–Kier alpha value is -1.39. The third kappa shape index (κ3) is 3.55. The van der Waals surface area contributed by atoms with E-state index in [1.807, 2.05) is 18.2 Å². The average Bonchev–Trinajstić information content (AvgIpc) is 2.86. The first-order chi connectivity index (χ1) is 9.22. The van der Waals surface area contributed by atoms with Crippen molar-refractivity contribution < 1.29 is 9.53 Å². The van der Waals surface area contributed by atoms with E-state index in [0.717, 1.165) is 31.6 Å². The molecule has 1 saturated heterocycles. The number of carbonyl (C=O) groups excluding carboxylic acids is 1. The minimum absolute atomic E-state index is 0.368. The Balaban J connectivity index is 1.87. The van der Waals surface area contributed by atoms with Crippen LogP contribution in [-0.4, -0.2) is 25.2 Å². The van der Waals surface area contributed by atoms with Gasteiger partial charge in [0.2, 0.25) is 5.91 Å². The van der Waals surface area contributed by atoms with Gasteiger partial charge in [-0.25, -0.2) is 0 Å². The number of carbonyl (C=O) groups is 1. The maximum atomic E-state index is 11.3. The molecule has 1 fully saturated rings. The number of benzene rings is 1. The van der Waals surface area contributed by atoms with Gasteiger partial charge >= 0.3 is 0 Å². The van der Waals surface area contributed by atoms with E-state index in [4.69, 9.17) is 10.5 Å². The van der Waals surface area contributed by atoms with Gasteiger partial charge in [-0.2, -0.15) is 0 Å². The van der Waals surface area contributed by atoms with Gasteiger partial charge in [0, 0.05) is 25.3 Å². The van der Waals surface area contributed by atoms with E-state index >= 15 is 0 Å². The zero-order valence-electron chi connectivity index (χ0n) is 11.4. The fourth-order valence-corrected chi connectivity index (χ4v) is 2.68. The quantitative estimate of drug-likeness (QED) is 0.820. The van der Waals surface area contributed by atoms with Crippen LogP contribution in [-0.2, 0) is 11.3 Å². The second-order valence-corrected chi connectivity index (χ2v) is 5.02. The molecule has 0 bridgehead atoms. The van der Waals surface area contributed by atoms with E-state index in [-0.39, 0.29) is 5.91 Å². The number of primary amides is 1. The molecule has 4 nitrogen and oxygen atoms in total. The summed E-state index contributed by atoms with van der Waals surface area (Å²) in [6, 6.07) is 7.47. The summed E-state index contributed by atoms with van der Waals surface area (Å²) in [7, 11) is 0. The molecule has 1 amide bonds. The number of amides is 1. The van der Waals surface area contributed by atoms with Crippen LogP contribution in [0.3, 0.4) is 0 Å². The molecule has 19 heavy (non-hydrogen) atoms. The van der Waals surface area contributed by atoms with E-state index in [1.54, 1.807) is 6.07 Å². The molecule has 1 aliphatic heterocycles. The third-order valence-electron chi connectivity index (χ3n) is 3.75. The van der Waals surface area contributed by atoms with Crippen molar-refractivity contribution in [1.82, 2.24) is 5.32 Å². The molecule has 1 aromatic carbocycles. The molecule has 1 aliphatic rings. The van der Waals surface area contributed by atoms with Crippen molar-refractivity contribution in [3.8, 4) is 0 Å². The first-order valence-electron chi connectivity index (χ1n) is 6.92. The van der Waals surface area contributed by atoms with Gasteiger partial charge in [-0.05, 0) is 30.4 Å². The highest BCUT2D eigenvalue weighted by Gasteiger charge is 2.26. The highest BCUT2D eigenvalue weighted by molar-refractivity contribution is 5.94. The molecule has 0 aliphatic carbocycles. The molecule has 104 valence electrons. The fraction of sp³-hybridized carbons (Fsp3) is 0.533. The Morgan fingerprint density at radius 2 is 2.26 bits per heavy atom. The van der Waals surface area contributed by atoms with Crippen molar-refractivity contribution in [1.29, 1.82) is 0 Å². The number of nitrogens with one attached hydrogen (secondary N) is 1. The molecule has 2 unspecified atom stereocenters. The fourth-order valence-electron chi connectivity index (χ4n) is 2.68. The number of rotatable bonds is 6. The molecule has 1 heterocycles. The van der Waals surface area contributed by atoms with Gasteiger partial charge in [0.15, 0.2) is 0 Å². The van der Waals surface area contributed by atoms with Gasteiger partial charge in [-0.3, -0.25) is 4.79 Å². The minimum Gasteiger partial charge on any atom is -0.378 e. The molecular formula is C15H22N2O2. The van der Waals surface area contributed by atoms with Gasteiger partial charge in [0.25, 0.3) is 0 Å². The molecule has 2 rings (SSSR count). The van der Waals surface area contributed by atoms with Gasteiger partial charge < -0.3 is 15.8 Å². The Bertz CT molecular complexity index is 434. The summed E-state index contributed by atoms with van der Waals surface area (Å²) in [4.78, 5) is 11.3. The summed E-state index contributed by atoms with van der Waals surface area (Å²) in [5, 5.41) is 3.42. The van der Waals surface area contributed by atoms with Crippen LogP contribution < -0.4 is 11.1 Å². The largest absolute Gasteiger partial charge is 0.378 e. The van der Waals surface area contributed by atoms with Crippen LogP contribution in [0, 0.1) is 5.92 Å². The van der Waals surface area contributed by atoms with Crippen LogP contribution in [0.15, 0.2) is 24.3 Å². The molecule has 0 saturated carbocycles. The van der Waals surface area contributed by atoms with E-state index in [2.05, 4.69) is 12.2 Å². The van der Waals surface area contributed by atoms with Crippen molar-refractivity contribution in [3.63, 3.8) is 0 Å². The zero-order chi connectivity index (χ0) is 13.7. The van der Waals surface area contributed by atoms with Crippen molar-refractivity contribution in [3.05, 3.63) is 35.4 Å². The lowest BCUT2D eigenvalue weighted by Gasteiger charge is -2.17. The Labute approximate surface area is 114 Å². The molecule has 0 radical (unpaired) electrons. The van der Waals surface area contributed by atoms with E-state index in [0.29, 0.717) is 24.1 Å². The van der Waals surface area contributed by atoms with Gasteiger partial charge in [-0.1, -0.05) is 25.1 Å². The maximum Gasteiger partial charge on any atom is 0.249 e. The van der Waals surface area contributed by atoms with Crippen LogP contribution in [0.25, 0.3) is 0 Å². The van der Waals surface area contributed by atoms with Gasteiger partial charge in [0.05, 0.1) is 6.10 Å². The van der Waals surface area contributed by atoms with E-state index in [9.17, 15) is 4.79 Å². The molecule has 0 aromatic heterocycles. The van der Waals surface area contributed by atoms with E-state index in [1.165, 1.54) is 0 Å². The van der Waals surface area contributed by atoms with Crippen molar-refractivity contribution in [2.45, 2.75) is 32.4 Å².